The summed E-state index contributed by atoms with van der Waals surface area (Å²) in [5, 5.41) is 0. The van der Waals surface area contributed by atoms with E-state index in [2.05, 4.69) is 4.72 Å². The van der Waals surface area contributed by atoms with Crippen molar-refractivity contribution in [1.29, 1.82) is 0 Å². The van der Waals surface area contributed by atoms with Crippen molar-refractivity contribution in [3.8, 4) is 11.1 Å². The van der Waals surface area contributed by atoms with Crippen molar-refractivity contribution < 1.29 is 26.7 Å². The molecular weight excluding hydrogens is 507 g/mol. The number of carbonyl (C=O) groups excluding carboxylic acids is 1. The highest BCUT2D eigenvalue weighted by Crippen LogP contribution is 2.50. The first-order valence-corrected chi connectivity index (χ1v) is 13.9. The molecule has 1 unspecified atom stereocenters. The molecule has 3 aliphatic carbocycles. The van der Waals surface area contributed by atoms with Gasteiger partial charge in [0.15, 0.2) is 0 Å². The molecule has 3 atom stereocenters. The predicted molar refractivity (Wildman–Crippen MR) is 135 cm³/mol. The Bertz CT molecular complexity index is 1140. The molecule has 1 aliphatic heterocycles. The molecular formula is C28H31F5N2OS. The first kappa shape index (κ1) is 26.5. The number of hydrogen-bond acceptors (Lipinski definition) is 3. The summed E-state index contributed by atoms with van der Waals surface area (Å²) >= 11 is 1.16. The van der Waals surface area contributed by atoms with E-state index in [1.165, 1.54) is 35.2 Å². The fourth-order valence-electron chi connectivity index (χ4n) is 6.28. The van der Waals surface area contributed by atoms with E-state index in [0.717, 1.165) is 37.6 Å². The van der Waals surface area contributed by atoms with E-state index in [1.807, 2.05) is 6.92 Å². The second-order valence-corrected chi connectivity index (χ2v) is 11.6. The van der Waals surface area contributed by atoms with E-state index in [9.17, 15) is 13.6 Å². The molecule has 9 heteroatoms. The molecule has 200 valence electrons. The maximum absolute atomic E-state index is 15.8. The van der Waals surface area contributed by atoms with Gasteiger partial charge in [-0.2, -0.15) is 0 Å². The number of nitrogens with zero attached hydrogens (tertiary/aromatic N) is 1. The molecule has 2 bridgehead atoms. The van der Waals surface area contributed by atoms with E-state index in [1.54, 1.807) is 12.1 Å². The van der Waals surface area contributed by atoms with Gasteiger partial charge in [0.1, 0.15) is 11.9 Å². The average molecular weight is 539 g/mol. The Morgan fingerprint density at radius 1 is 1.16 bits per heavy atom. The average Bonchev–Trinajstić information content (AvgIpc) is 3.12. The second-order valence-electron chi connectivity index (χ2n) is 10.5. The van der Waals surface area contributed by atoms with Crippen molar-refractivity contribution in [2.24, 2.45) is 17.8 Å². The number of carbonyl (C=O) groups is 1. The van der Waals surface area contributed by atoms with E-state index in [0.29, 0.717) is 17.2 Å². The molecule has 6 rings (SSSR count). The van der Waals surface area contributed by atoms with Crippen LogP contribution in [-0.2, 0) is 11.2 Å². The van der Waals surface area contributed by atoms with Gasteiger partial charge in [-0.15, -0.1) is 0 Å². The van der Waals surface area contributed by atoms with Crippen LogP contribution in [0.4, 0.5) is 22.0 Å². The molecule has 4 fully saturated rings. The zero-order valence-corrected chi connectivity index (χ0v) is 21.4. The molecule has 0 aromatic heterocycles. The van der Waals surface area contributed by atoms with Gasteiger partial charge in [0.25, 0.3) is 12.3 Å². The Balaban J connectivity index is 1.46. The molecule has 0 radical (unpaired) electrons. The van der Waals surface area contributed by atoms with Crippen molar-refractivity contribution >= 4 is 17.9 Å². The highest BCUT2D eigenvalue weighted by molar-refractivity contribution is 7.97. The molecule has 2 aromatic carbocycles. The molecule has 1 heterocycles. The smallest absolute Gasteiger partial charge is 0.283 e. The summed E-state index contributed by atoms with van der Waals surface area (Å²) in [6, 6.07) is 7.86. The van der Waals surface area contributed by atoms with Crippen LogP contribution in [0.1, 0.15) is 50.2 Å². The van der Waals surface area contributed by atoms with Crippen LogP contribution < -0.4 is 4.72 Å². The predicted octanol–water partition coefficient (Wildman–Crippen LogP) is 6.88. The van der Waals surface area contributed by atoms with Crippen molar-refractivity contribution in [2.75, 3.05) is 12.3 Å². The van der Waals surface area contributed by atoms with Gasteiger partial charge in [-0.05, 0) is 61.1 Å². The van der Waals surface area contributed by atoms with Gasteiger partial charge in [0.2, 0.25) is 5.91 Å². The Kier molecular flexibility index (Phi) is 7.56. The van der Waals surface area contributed by atoms with Crippen LogP contribution in [0.25, 0.3) is 11.1 Å². The van der Waals surface area contributed by atoms with Gasteiger partial charge in [-0.25, -0.2) is 22.0 Å². The summed E-state index contributed by atoms with van der Waals surface area (Å²) in [6.45, 7) is 1.15. The molecule has 1 N–H and O–H groups in total. The minimum Gasteiger partial charge on any atom is -0.331 e. The fraction of sp³-hybridized carbons (Fsp3) is 0.536. The Morgan fingerprint density at radius 3 is 2.59 bits per heavy atom. The summed E-state index contributed by atoms with van der Waals surface area (Å²) in [5.74, 6) is -2.85. The summed E-state index contributed by atoms with van der Waals surface area (Å²) in [6.07, 6.45) is 0.830. The lowest BCUT2D eigenvalue weighted by Gasteiger charge is -2.47. The summed E-state index contributed by atoms with van der Waals surface area (Å²) in [5.41, 5.74) is 0.379. The van der Waals surface area contributed by atoms with Crippen LogP contribution >= 0.6 is 11.9 Å². The quantitative estimate of drug-likeness (QED) is 0.294. The van der Waals surface area contributed by atoms with E-state index < -0.39 is 36.8 Å². The molecule has 4 aliphatic rings. The molecule has 2 aromatic rings. The zero-order valence-electron chi connectivity index (χ0n) is 20.6. The van der Waals surface area contributed by atoms with Crippen LogP contribution in [0.2, 0.25) is 0 Å². The first-order chi connectivity index (χ1) is 17.7. The third-order valence-corrected chi connectivity index (χ3v) is 8.97. The maximum Gasteiger partial charge on any atom is 0.283 e. The SMILES string of the molecule is CCSN[C@@H]1[C@H](Cc2cccc(-c3cccc(C(F)F)c3)c2F)N(C(=O)C2CCC3CC2C3)CC1(F)F. The van der Waals surface area contributed by atoms with Gasteiger partial charge in [0, 0.05) is 22.8 Å². The number of fused-ring (bicyclic) bond motifs is 2. The number of halogens is 5. The Morgan fingerprint density at radius 2 is 1.92 bits per heavy atom. The summed E-state index contributed by atoms with van der Waals surface area (Å²) in [4.78, 5) is 14.9. The third kappa shape index (κ3) is 5.13. The van der Waals surface area contributed by atoms with Crippen molar-refractivity contribution in [1.82, 2.24) is 9.62 Å². The normalized spacial score (nSPS) is 28.4. The van der Waals surface area contributed by atoms with Gasteiger partial charge >= 0.3 is 0 Å². The Labute approximate surface area is 218 Å². The first-order valence-electron chi connectivity index (χ1n) is 12.9. The van der Waals surface area contributed by atoms with Crippen molar-refractivity contribution in [2.45, 2.75) is 63.5 Å². The van der Waals surface area contributed by atoms with E-state index >= 15 is 13.2 Å². The highest BCUT2D eigenvalue weighted by Gasteiger charge is 2.57. The summed E-state index contributed by atoms with van der Waals surface area (Å²) < 4.78 is 75.7. The molecule has 37 heavy (non-hydrogen) atoms. The minimum absolute atomic E-state index is 0.0997. The molecule has 1 amide bonds. The number of nitrogens with one attached hydrogen (secondary N) is 1. The van der Waals surface area contributed by atoms with Crippen LogP contribution in [0, 0.1) is 23.6 Å². The Hall–Kier alpha value is -2.13. The number of hydrogen-bond donors (Lipinski definition) is 1. The topological polar surface area (TPSA) is 32.3 Å². The maximum atomic E-state index is 15.8. The largest absolute Gasteiger partial charge is 0.331 e. The van der Waals surface area contributed by atoms with Crippen LogP contribution in [0.3, 0.4) is 0 Å². The minimum atomic E-state index is -3.17. The number of rotatable bonds is 8. The lowest BCUT2D eigenvalue weighted by molar-refractivity contribution is -0.144. The van der Waals surface area contributed by atoms with E-state index in [-0.39, 0.29) is 40.9 Å². The summed E-state index contributed by atoms with van der Waals surface area (Å²) in [7, 11) is 0. The number of amides is 1. The van der Waals surface area contributed by atoms with Crippen LogP contribution in [0.5, 0.6) is 0 Å². The van der Waals surface area contributed by atoms with Gasteiger partial charge < -0.3 is 4.90 Å². The zero-order chi connectivity index (χ0) is 26.3. The van der Waals surface area contributed by atoms with Gasteiger partial charge in [-0.1, -0.05) is 55.3 Å². The fourth-order valence-corrected chi connectivity index (χ4v) is 6.96. The third-order valence-electron chi connectivity index (χ3n) is 8.26. The number of alkyl halides is 4. The van der Waals surface area contributed by atoms with Gasteiger partial charge in [-0.3, -0.25) is 9.52 Å². The second kappa shape index (κ2) is 10.6. The highest BCUT2D eigenvalue weighted by atomic mass is 32.2. The number of likely N-dealkylation sites (tertiary alicyclic amines) is 1. The lowest BCUT2D eigenvalue weighted by atomic mass is 9.59. The van der Waals surface area contributed by atoms with Crippen molar-refractivity contribution in [3.63, 3.8) is 0 Å². The molecule has 1 saturated heterocycles. The standard InChI is InChI=1S/C28H31F5N2OS/c1-2-37-34-25-23(35(15-28(25,32)33)27(36)22-10-9-16-11-20(22)12-16)14-18-6-4-8-21(24(18)29)17-5-3-7-19(13-17)26(30)31/h3-8,13,16,20,22-23,25-26,34H,2,9-12,14-15H2,1H3/t16?,20?,22?,23-,25+/m0/s1. The van der Waals surface area contributed by atoms with Crippen molar-refractivity contribution in [3.05, 3.63) is 59.4 Å². The molecule has 3 nitrogen and oxygen atoms in total. The van der Waals surface area contributed by atoms with Crippen LogP contribution in [0.15, 0.2) is 42.5 Å². The van der Waals surface area contributed by atoms with E-state index in [4.69, 9.17) is 0 Å². The molecule has 3 saturated carbocycles. The monoisotopic (exact) mass is 538 g/mol. The lowest BCUT2D eigenvalue weighted by Crippen LogP contribution is -2.51. The molecule has 0 spiro atoms. The van der Waals surface area contributed by atoms with Gasteiger partial charge in [0.05, 0.1) is 12.6 Å². The number of benzene rings is 2. The van der Waals surface area contributed by atoms with Crippen LogP contribution in [-0.4, -0.2) is 41.1 Å².